The van der Waals surface area contributed by atoms with Crippen LogP contribution in [0, 0.1) is 32.1 Å². The molecule has 0 spiro atoms. The fourth-order valence-corrected chi connectivity index (χ4v) is 3.18. The van der Waals surface area contributed by atoms with Crippen molar-refractivity contribution in [1.82, 2.24) is 0 Å². The first-order chi connectivity index (χ1) is 15.4. The third-order valence-electron chi connectivity index (χ3n) is 5.11. The molecule has 5 heteroatoms. The fourth-order valence-electron chi connectivity index (χ4n) is 3.18. The normalized spacial score (nSPS) is 10.9. The summed E-state index contributed by atoms with van der Waals surface area (Å²) >= 11 is 0. The van der Waals surface area contributed by atoms with E-state index in [1.165, 1.54) is 17.2 Å². The summed E-state index contributed by atoms with van der Waals surface area (Å²) in [5.41, 5.74) is 5.84. The molecule has 0 saturated carbocycles. The topological polar surface area (TPSA) is 71.3 Å². The van der Waals surface area contributed by atoms with Crippen LogP contribution >= 0.6 is 0 Å². The number of hydrogen-bond acceptors (Lipinski definition) is 4. The molecule has 1 N–H and O–H groups in total. The van der Waals surface area contributed by atoms with Crippen LogP contribution in [0.3, 0.4) is 0 Å². The molecule has 0 saturated heterocycles. The Balaban J connectivity index is 1.75. The van der Waals surface area contributed by atoms with Crippen molar-refractivity contribution in [3.8, 4) is 17.6 Å². The number of methoxy groups -OCH3 is 1. The molecule has 3 aromatic carbocycles. The largest absolute Gasteiger partial charge is 0.493 e. The standard InChI is InChI=1S/C27H26N2O3/c1-18-6-5-7-24(12-18)29-27(30)23(16-28)14-21-10-11-25(26(15-21)31-4)32-17-22-9-8-19(2)20(3)13-22/h5-15H,17H2,1-4H3,(H,29,30)/b23-14+. The van der Waals surface area contributed by atoms with Gasteiger partial charge in [0.05, 0.1) is 7.11 Å². The highest BCUT2D eigenvalue weighted by Crippen LogP contribution is 2.30. The second-order valence-corrected chi connectivity index (χ2v) is 7.61. The zero-order valence-corrected chi connectivity index (χ0v) is 18.7. The number of aryl methyl sites for hydroxylation is 3. The smallest absolute Gasteiger partial charge is 0.266 e. The molecule has 5 nitrogen and oxygen atoms in total. The van der Waals surface area contributed by atoms with Crippen molar-refractivity contribution >= 4 is 17.7 Å². The minimum atomic E-state index is -0.466. The molecular formula is C27H26N2O3. The van der Waals surface area contributed by atoms with Crippen molar-refractivity contribution in [1.29, 1.82) is 5.26 Å². The van der Waals surface area contributed by atoms with E-state index in [0.29, 0.717) is 29.4 Å². The summed E-state index contributed by atoms with van der Waals surface area (Å²) < 4.78 is 11.4. The monoisotopic (exact) mass is 426 g/mol. The molecule has 0 atom stereocenters. The van der Waals surface area contributed by atoms with E-state index in [-0.39, 0.29) is 5.57 Å². The van der Waals surface area contributed by atoms with E-state index in [1.54, 1.807) is 31.4 Å². The van der Waals surface area contributed by atoms with Gasteiger partial charge in [0.25, 0.3) is 5.91 Å². The van der Waals surface area contributed by atoms with Gasteiger partial charge in [-0.15, -0.1) is 0 Å². The first-order valence-corrected chi connectivity index (χ1v) is 10.3. The minimum absolute atomic E-state index is 0.00245. The van der Waals surface area contributed by atoms with Gasteiger partial charge in [0.1, 0.15) is 18.2 Å². The van der Waals surface area contributed by atoms with Crippen LogP contribution in [0.1, 0.15) is 27.8 Å². The average molecular weight is 427 g/mol. The van der Waals surface area contributed by atoms with Crippen LogP contribution in [-0.2, 0) is 11.4 Å². The Morgan fingerprint density at radius 1 is 1.00 bits per heavy atom. The molecule has 0 radical (unpaired) electrons. The van der Waals surface area contributed by atoms with Crippen LogP contribution in [0.25, 0.3) is 6.08 Å². The van der Waals surface area contributed by atoms with E-state index >= 15 is 0 Å². The zero-order chi connectivity index (χ0) is 23.1. The lowest BCUT2D eigenvalue weighted by atomic mass is 10.1. The first-order valence-electron chi connectivity index (χ1n) is 10.3. The molecule has 3 aromatic rings. The van der Waals surface area contributed by atoms with Crippen LogP contribution in [-0.4, -0.2) is 13.0 Å². The number of nitrogens with zero attached hydrogens (tertiary/aromatic N) is 1. The van der Waals surface area contributed by atoms with E-state index in [1.807, 2.05) is 37.3 Å². The summed E-state index contributed by atoms with van der Waals surface area (Å²) in [6, 6.07) is 20.9. The number of ether oxygens (including phenoxy) is 2. The lowest BCUT2D eigenvalue weighted by molar-refractivity contribution is -0.112. The van der Waals surface area contributed by atoms with Gasteiger partial charge in [-0.25, -0.2) is 0 Å². The number of rotatable bonds is 7. The Labute approximate surface area is 188 Å². The predicted octanol–water partition coefficient (Wildman–Crippen LogP) is 5.75. The second-order valence-electron chi connectivity index (χ2n) is 7.61. The molecule has 0 heterocycles. The molecule has 0 aliphatic carbocycles. The van der Waals surface area contributed by atoms with Crippen molar-refractivity contribution in [2.24, 2.45) is 0 Å². The summed E-state index contributed by atoms with van der Waals surface area (Å²) in [7, 11) is 1.56. The van der Waals surface area contributed by atoms with Crippen molar-refractivity contribution in [2.45, 2.75) is 27.4 Å². The van der Waals surface area contributed by atoms with E-state index in [0.717, 1.165) is 11.1 Å². The number of carbonyl (C=O) groups is 1. The summed E-state index contributed by atoms with van der Waals surface area (Å²) in [5, 5.41) is 12.2. The predicted molar refractivity (Wildman–Crippen MR) is 127 cm³/mol. The number of benzene rings is 3. The van der Waals surface area contributed by atoms with Gasteiger partial charge in [-0.05, 0) is 78.9 Å². The lowest BCUT2D eigenvalue weighted by Gasteiger charge is -2.12. The van der Waals surface area contributed by atoms with Gasteiger partial charge in [0.2, 0.25) is 0 Å². The van der Waals surface area contributed by atoms with E-state index in [4.69, 9.17) is 9.47 Å². The maximum Gasteiger partial charge on any atom is 0.266 e. The van der Waals surface area contributed by atoms with Crippen molar-refractivity contribution in [3.63, 3.8) is 0 Å². The molecule has 1 amide bonds. The van der Waals surface area contributed by atoms with E-state index in [2.05, 4.69) is 31.3 Å². The Morgan fingerprint density at radius 2 is 1.81 bits per heavy atom. The maximum atomic E-state index is 12.5. The summed E-state index contributed by atoms with van der Waals surface area (Å²) in [6.07, 6.45) is 1.53. The molecule has 32 heavy (non-hydrogen) atoms. The minimum Gasteiger partial charge on any atom is -0.493 e. The van der Waals surface area contributed by atoms with Gasteiger partial charge in [0, 0.05) is 5.69 Å². The zero-order valence-electron chi connectivity index (χ0n) is 18.7. The summed E-state index contributed by atoms with van der Waals surface area (Å²) in [4.78, 5) is 12.5. The van der Waals surface area contributed by atoms with Crippen LogP contribution < -0.4 is 14.8 Å². The fraction of sp³-hybridized carbons (Fsp3) is 0.185. The molecule has 0 aromatic heterocycles. The number of nitriles is 1. The third-order valence-corrected chi connectivity index (χ3v) is 5.11. The van der Waals surface area contributed by atoms with Gasteiger partial charge in [-0.2, -0.15) is 5.26 Å². The lowest BCUT2D eigenvalue weighted by Crippen LogP contribution is -2.13. The van der Waals surface area contributed by atoms with Crippen LogP contribution in [0.15, 0.2) is 66.2 Å². The number of hydrogen-bond donors (Lipinski definition) is 1. The Bertz CT molecular complexity index is 1210. The molecule has 0 unspecified atom stereocenters. The number of nitrogens with one attached hydrogen (secondary N) is 1. The maximum absolute atomic E-state index is 12.5. The van der Waals surface area contributed by atoms with Crippen molar-refractivity contribution in [3.05, 3.63) is 94.1 Å². The van der Waals surface area contributed by atoms with Gasteiger partial charge in [-0.3, -0.25) is 4.79 Å². The molecule has 0 aliphatic heterocycles. The van der Waals surface area contributed by atoms with Gasteiger partial charge < -0.3 is 14.8 Å². The molecular weight excluding hydrogens is 400 g/mol. The quantitative estimate of drug-likeness (QED) is 0.386. The van der Waals surface area contributed by atoms with Crippen LogP contribution in [0.4, 0.5) is 5.69 Å². The molecule has 0 fully saturated rings. The highest BCUT2D eigenvalue weighted by atomic mass is 16.5. The van der Waals surface area contributed by atoms with E-state index < -0.39 is 5.91 Å². The SMILES string of the molecule is COc1cc(/C=C(\C#N)C(=O)Nc2cccc(C)c2)ccc1OCc1ccc(C)c(C)c1. The molecule has 162 valence electrons. The van der Waals surface area contributed by atoms with Gasteiger partial charge >= 0.3 is 0 Å². The summed E-state index contributed by atoms with van der Waals surface area (Å²) in [6.45, 7) is 6.50. The third kappa shape index (κ3) is 5.77. The first kappa shape index (κ1) is 22.6. The van der Waals surface area contributed by atoms with E-state index in [9.17, 15) is 10.1 Å². The highest BCUT2D eigenvalue weighted by molar-refractivity contribution is 6.09. The Hall–Kier alpha value is -4.04. The molecule has 3 rings (SSSR count). The van der Waals surface area contributed by atoms with Gasteiger partial charge in [-0.1, -0.05) is 36.4 Å². The number of anilines is 1. The average Bonchev–Trinajstić information content (AvgIpc) is 2.78. The Morgan fingerprint density at radius 3 is 2.50 bits per heavy atom. The number of amides is 1. The van der Waals surface area contributed by atoms with Crippen LogP contribution in [0.5, 0.6) is 11.5 Å². The summed E-state index contributed by atoms with van der Waals surface area (Å²) in [5.74, 6) is 0.650. The molecule has 0 aliphatic rings. The Kier molecular flexibility index (Phi) is 7.30. The van der Waals surface area contributed by atoms with Gasteiger partial charge in [0.15, 0.2) is 11.5 Å². The number of carbonyl (C=O) groups excluding carboxylic acids is 1. The van der Waals surface area contributed by atoms with Crippen molar-refractivity contribution < 1.29 is 14.3 Å². The molecule has 0 bridgehead atoms. The van der Waals surface area contributed by atoms with Crippen molar-refractivity contribution in [2.75, 3.05) is 12.4 Å². The highest BCUT2D eigenvalue weighted by Gasteiger charge is 2.12. The second kappa shape index (κ2) is 10.3. The van der Waals surface area contributed by atoms with Crippen LogP contribution in [0.2, 0.25) is 0 Å².